The minimum absolute atomic E-state index is 0.0512. The number of hydrogen-bond acceptors (Lipinski definition) is 4. The fourth-order valence-corrected chi connectivity index (χ4v) is 5.81. The molecule has 1 unspecified atom stereocenters. The summed E-state index contributed by atoms with van der Waals surface area (Å²) in [6, 6.07) is -0.204. The fraction of sp³-hybridized carbons (Fsp3) is 0.952. The summed E-state index contributed by atoms with van der Waals surface area (Å²) in [4.78, 5) is 14.3. The normalized spacial score (nSPS) is 30.7. The minimum Gasteiger partial charge on any atom is -0.450 e. The Bertz CT molecular complexity index is 570. The molecule has 2 atom stereocenters. The van der Waals surface area contributed by atoms with E-state index in [0.717, 1.165) is 37.5 Å². The summed E-state index contributed by atoms with van der Waals surface area (Å²) in [7, 11) is -2.91. The first kappa shape index (κ1) is 23.6. The zero-order chi connectivity index (χ0) is 21.0. The molecule has 1 aliphatic carbocycles. The monoisotopic (exact) mass is 418 g/mol. The Morgan fingerprint density at radius 3 is 2.32 bits per heavy atom. The molecule has 0 aromatic heterocycles. The van der Waals surface area contributed by atoms with Crippen molar-refractivity contribution in [1.29, 1.82) is 0 Å². The Balaban J connectivity index is 2.04. The van der Waals surface area contributed by atoms with Crippen molar-refractivity contribution < 1.29 is 18.5 Å². The first-order valence-corrected chi connectivity index (χ1v) is 14.1. The van der Waals surface area contributed by atoms with Crippen LogP contribution in [-0.2, 0) is 18.7 Å². The quantitative estimate of drug-likeness (QED) is 0.688. The van der Waals surface area contributed by atoms with Crippen LogP contribution >= 0.6 is 0 Å². The van der Waals surface area contributed by atoms with Crippen LogP contribution in [0.25, 0.3) is 0 Å². The van der Waals surface area contributed by atoms with Crippen LogP contribution in [0.2, 0.25) is 0 Å². The van der Waals surface area contributed by atoms with Crippen LogP contribution in [0.3, 0.4) is 0 Å². The van der Waals surface area contributed by atoms with E-state index in [2.05, 4.69) is 18.6 Å². The highest BCUT2D eigenvalue weighted by atomic mass is 32.3. The van der Waals surface area contributed by atoms with Gasteiger partial charge in [-0.25, -0.2) is 4.79 Å². The van der Waals surface area contributed by atoms with Gasteiger partial charge in [0, 0.05) is 31.4 Å². The maximum atomic E-state index is 12.9. The molecule has 1 amide bonds. The molecule has 166 valence electrons. The Hall–Kier alpha value is -0.660. The molecule has 0 bridgehead atoms. The highest BCUT2D eigenvalue weighted by Crippen LogP contribution is 2.32. The number of hydrogen-bond donors (Lipinski definition) is 1. The Labute approximate surface area is 171 Å². The standard InChI is InChI=1S/C21H42N2O4S/c1-7-26-21(24)23-14-8-9-19(22-28(4,5,6)25)20(23)15-27-18-12-10-17(11-13-18)16(2)3/h16-20H,7-15H2,1-6H3,(H,22,25)/t17?,18?,19?,20-/m0/s1. The van der Waals surface area contributed by atoms with E-state index in [-0.39, 0.29) is 24.3 Å². The first-order valence-electron chi connectivity index (χ1n) is 10.9. The van der Waals surface area contributed by atoms with E-state index in [4.69, 9.17) is 9.47 Å². The van der Waals surface area contributed by atoms with Crippen LogP contribution in [0.4, 0.5) is 4.79 Å². The van der Waals surface area contributed by atoms with Crippen LogP contribution < -0.4 is 4.72 Å². The minimum atomic E-state index is -2.91. The smallest absolute Gasteiger partial charge is 0.410 e. The summed E-state index contributed by atoms with van der Waals surface area (Å²) >= 11 is 0. The summed E-state index contributed by atoms with van der Waals surface area (Å²) in [6.45, 7) is 7.91. The van der Waals surface area contributed by atoms with E-state index in [1.54, 1.807) is 23.7 Å². The summed E-state index contributed by atoms with van der Waals surface area (Å²) in [6.07, 6.45) is 11.6. The third-order valence-electron chi connectivity index (χ3n) is 6.00. The molecule has 1 saturated heterocycles. The molecular weight excluding hydrogens is 376 g/mol. The number of nitrogens with zero attached hydrogens (tertiary/aromatic N) is 1. The van der Waals surface area contributed by atoms with E-state index < -0.39 is 9.25 Å². The second kappa shape index (κ2) is 9.43. The number of carbonyl (C=O) groups is 1. The SMILES string of the molecule is CCOC(=O)N1CCCC(NS(C)(C)(C)=O)[C@@H]1COC1CCC(C(C)C)CC1. The molecular formula is C21H42N2O4S. The Morgan fingerprint density at radius 1 is 1.14 bits per heavy atom. The van der Waals surface area contributed by atoms with Crippen molar-refractivity contribution in [3.63, 3.8) is 0 Å². The van der Waals surface area contributed by atoms with Crippen molar-refractivity contribution >= 4 is 15.3 Å². The summed E-state index contributed by atoms with van der Waals surface area (Å²) < 4.78 is 27.9. The van der Waals surface area contributed by atoms with E-state index >= 15 is 0 Å². The summed E-state index contributed by atoms with van der Waals surface area (Å²) in [5.41, 5.74) is 0. The predicted molar refractivity (Wildman–Crippen MR) is 116 cm³/mol. The molecule has 1 saturated carbocycles. The second-order valence-electron chi connectivity index (χ2n) is 9.86. The van der Waals surface area contributed by atoms with Gasteiger partial charge in [-0.3, -0.25) is 8.93 Å². The Kier molecular flexibility index (Phi) is 7.96. The van der Waals surface area contributed by atoms with Gasteiger partial charge in [0.2, 0.25) is 0 Å². The number of ether oxygens (including phenoxy) is 2. The molecule has 2 aliphatic rings. The topological polar surface area (TPSA) is 67.9 Å². The zero-order valence-corrected chi connectivity index (χ0v) is 19.6. The maximum Gasteiger partial charge on any atom is 0.410 e. The lowest BCUT2D eigenvalue weighted by Crippen LogP contribution is -2.62. The summed E-state index contributed by atoms with van der Waals surface area (Å²) in [5.74, 6) is 1.53. The Morgan fingerprint density at radius 2 is 1.79 bits per heavy atom. The summed E-state index contributed by atoms with van der Waals surface area (Å²) in [5, 5.41) is 0. The van der Waals surface area contributed by atoms with Crippen LogP contribution in [-0.4, -0.2) is 71.9 Å². The van der Waals surface area contributed by atoms with Gasteiger partial charge >= 0.3 is 6.09 Å². The highest BCUT2D eigenvalue weighted by Gasteiger charge is 2.39. The van der Waals surface area contributed by atoms with Crippen LogP contribution in [0, 0.1) is 11.8 Å². The molecule has 28 heavy (non-hydrogen) atoms. The van der Waals surface area contributed by atoms with Gasteiger partial charge in [-0.2, -0.15) is 0 Å². The van der Waals surface area contributed by atoms with Crippen molar-refractivity contribution in [2.45, 2.75) is 77.5 Å². The van der Waals surface area contributed by atoms with Crippen molar-refractivity contribution in [3.8, 4) is 0 Å². The van der Waals surface area contributed by atoms with Gasteiger partial charge in [-0.05, 0) is 57.3 Å². The number of piperidine rings is 1. The fourth-order valence-electron chi connectivity index (χ4n) is 4.51. The number of likely N-dealkylation sites (tertiary alicyclic amines) is 1. The molecule has 0 aromatic rings. The molecule has 1 N–H and O–H groups in total. The molecule has 7 heteroatoms. The van der Waals surface area contributed by atoms with Gasteiger partial charge in [0.1, 0.15) is 0 Å². The molecule has 1 heterocycles. The average molecular weight is 419 g/mol. The van der Waals surface area contributed by atoms with Gasteiger partial charge in [-0.15, -0.1) is 0 Å². The van der Waals surface area contributed by atoms with Gasteiger partial charge < -0.3 is 14.4 Å². The van der Waals surface area contributed by atoms with Crippen molar-refractivity contribution in [3.05, 3.63) is 0 Å². The first-order chi connectivity index (χ1) is 13.0. The van der Waals surface area contributed by atoms with Crippen LogP contribution in [0.1, 0.15) is 59.3 Å². The van der Waals surface area contributed by atoms with E-state index in [1.165, 1.54) is 12.8 Å². The zero-order valence-electron chi connectivity index (χ0n) is 18.7. The molecule has 0 aromatic carbocycles. The van der Waals surface area contributed by atoms with E-state index in [9.17, 15) is 9.00 Å². The molecule has 0 radical (unpaired) electrons. The van der Waals surface area contributed by atoms with Crippen LogP contribution in [0.15, 0.2) is 0 Å². The second-order valence-corrected chi connectivity index (χ2v) is 14.9. The predicted octanol–water partition coefficient (Wildman–Crippen LogP) is 3.42. The van der Waals surface area contributed by atoms with Crippen LogP contribution in [0.5, 0.6) is 0 Å². The van der Waals surface area contributed by atoms with Gasteiger partial charge in [0.05, 0.1) is 25.4 Å². The van der Waals surface area contributed by atoms with Crippen molar-refractivity contribution in [2.24, 2.45) is 11.8 Å². The highest BCUT2D eigenvalue weighted by molar-refractivity contribution is 8.16. The number of carbonyl (C=O) groups excluding carboxylic acids is 1. The molecule has 1 aliphatic heterocycles. The lowest BCUT2D eigenvalue weighted by molar-refractivity contribution is -0.0316. The largest absolute Gasteiger partial charge is 0.450 e. The lowest BCUT2D eigenvalue weighted by atomic mass is 9.80. The third kappa shape index (κ3) is 7.30. The van der Waals surface area contributed by atoms with Crippen molar-refractivity contribution in [2.75, 3.05) is 38.5 Å². The third-order valence-corrected chi connectivity index (χ3v) is 7.10. The molecule has 0 spiro atoms. The van der Waals surface area contributed by atoms with Crippen molar-refractivity contribution in [1.82, 2.24) is 9.62 Å². The van der Waals surface area contributed by atoms with Gasteiger partial charge in [0.25, 0.3) is 0 Å². The molecule has 6 nitrogen and oxygen atoms in total. The maximum absolute atomic E-state index is 12.9. The van der Waals surface area contributed by atoms with Gasteiger partial charge in [-0.1, -0.05) is 23.1 Å². The number of nitrogens with one attached hydrogen (secondary N) is 1. The number of rotatable bonds is 7. The average Bonchev–Trinajstić information content (AvgIpc) is 2.59. The molecule has 2 rings (SSSR count). The van der Waals surface area contributed by atoms with Gasteiger partial charge in [0.15, 0.2) is 0 Å². The van der Waals surface area contributed by atoms with E-state index in [1.807, 2.05) is 6.92 Å². The lowest BCUT2D eigenvalue weighted by Gasteiger charge is -2.45. The molecule has 2 fully saturated rings. The van der Waals surface area contributed by atoms with E-state index in [0.29, 0.717) is 19.8 Å². The number of amides is 1.